The summed E-state index contributed by atoms with van der Waals surface area (Å²) in [7, 11) is -2.73. The monoisotopic (exact) mass is 297 g/mol. The molecule has 1 aliphatic rings. The van der Waals surface area contributed by atoms with Crippen LogP contribution in [0.25, 0.3) is 0 Å². The van der Waals surface area contributed by atoms with E-state index < -0.39 is 9.84 Å². The second kappa shape index (κ2) is 5.64. The van der Waals surface area contributed by atoms with Gasteiger partial charge >= 0.3 is 0 Å². The molecule has 0 saturated carbocycles. The molecule has 0 aromatic carbocycles. The van der Waals surface area contributed by atoms with Gasteiger partial charge in [-0.3, -0.25) is 0 Å². The summed E-state index contributed by atoms with van der Waals surface area (Å²) >= 11 is 3.52. The predicted octanol–water partition coefficient (Wildman–Crippen LogP) is 1.38. The molecule has 0 spiro atoms. The van der Waals surface area contributed by atoms with Crippen molar-refractivity contribution in [1.82, 2.24) is 4.90 Å². The molecule has 90 valence electrons. The highest BCUT2D eigenvalue weighted by molar-refractivity contribution is 9.09. The van der Waals surface area contributed by atoms with Crippen LogP contribution < -0.4 is 0 Å². The summed E-state index contributed by atoms with van der Waals surface area (Å²) in [6, 6.07) is 0. The van der Waals surface area contributed by atoms with Gasteiger partial charge in [-0.1, -0.05) is 29.8 Å². The summed E-state index contributed by atoms with van der Waals surface area (Å²) in [5.41, 5.74) is 0. The Hall–Kier alpha value is 0.390. The van der Waals surface area contributed by atoms with Crippen molar-refractivity contribution < 1.29 is 8.42 Å². The maximum Gasteiger partial charge on any atom is 0.152 e. The van der Waals surface area contributed by atoms with E-state index >= 15 is 0 Å². The standard InChI is InChI=1S/C10H20BrNO2S/c1-9(2)10(7-11)8-12-3-5-15(13,14)6-4-12/h9-10H,3-8H2,1-2H3. The average molecular weight is 298 g/mol. The van der Waals surface area contributed by atoms with Gasteiger partial charge in [-0.05, 0) is 11.8 Å². The van der Waals surface area contributed by atoms with Crippen LogP contribution in [0.1, 0.15) is 13.8 Å². The zero-order valence-electron chi connectivity index (χ0n) is 9.45. The highest BCUT2D eigenvalue weighted by atomic mass is 79.9. The van der Waals surface area contributed by atoms with Crippen molar-refractivity contribution in [2.24, 2.45) is 11.8 Å². The van der Waals surface area contributed by atoms with E-state index in [0.717, 1.165) is 11.9 Å². The Morgan fingerprint density at radius 2 is 1.80 bits per heavy atom. The Morgan fingerprint density at radius 1 is 1.27 bits per heavy atom. The number of rotatable bonds is 4. The van der Waals surface area contributed by atoms with Gasteiger partial charge in [-0.2, -0.15) is 0 Å². The molecular weight excluding hydrogens is 278 g/mol. The summed E-state index contributed by atoms with van der Waals surface area (Å²) < 4.78 is 22.5. The molecule has 0 aliphatic carbocycles. The molecule has 0 aromatic rings. The zero-order chi connectivity index (χ0) is 11.5. The van der Waals surface area contributed by atoms with Crippen LogP contribution in [0.5, 0.6) is 0 Å². The first-order valence-corrected chi connectivity index (χ1v) is 8.37. The molecule has 1 fully saturated rings. The fraction of sp³-hybridized carbons (Fsp3) is 1.00. The maximum absolute atomic E-state index is 11.2. The van der Waals surface area contributed by atoms with Gasteiger partial charge in [0.1, 0.15) is 0 Å². The molecule has 15 heavy (non-hydrogen) atoms. The molecule has 1 rings (SSSR count). The van der Waals surface area contributed by atoms with Crippen molar-refractivity contribution >= 4 is 25.8 Å². The van der Waals surface area contributed by atoms with Gasteiger partial charge in [0.2, 0.25) is 0 Å². The van der Waals surface area contributed by atoms with Gasteiger partial charge in [0.25, 0.3) is 0 Å². The third-order valence-electron chi connectivity index (χ3n) is 3.07. The number of alkyl halides is 1. The summed E-state index contributed by atoms with van der Waals surface area (Å²) in [6.45, 7) is 6.86. The molecule has 1 atom stereocenters. The van der Waals surface area contributed by atoms with Crippen LogP contribution in [0, 0.1) is 11.8 Å². The van der Waals surface area contributed by atoms with Crippen LogP contribution in [-0.2, 0) is 9.84 Å². The second-order valence-corrected chi connectivity index (χ2v) is 7.56. The molecule has 0 N–H and O–H groups in total. The third kappa shape index (κ3) is 4.41. The summed E-state index contributed by atoms with van der Waals surface area (Å²) in [5, 5.41) is 0.994. The van der Waals surface area contributed by atoms with Crippen LogP contribution in [0.4, 0.5) is 0 Å². The van der Waals surface area contributed by atoms with E-state index in [4.69, 9.17) is 0 Å². The zero-order valence-corrected chi connectivity index (χ0v) is 11.8. The van der Waals surface area contributed by atoms with Gasteiger partial charge in [0, 0.05) is 25.0 Å². The van der Waals surface area contributed by atoms with Crippen LogP contribution >= 0.6 is 15.9 Å². The van der Waals surface area contributed by atoms with Crippen LogP contribution in [-0.4, -0.2) is 49.8 Å². The predicted molar refractivity (Wildman–Crippen MR) is 67.2 cm³/mol. The molecule has 0 bridgehead atoms. The van der Waals surface area contributed by atoms with Crippen molar-refractivity contribution in [2.45, 2.75) is 13.8 Å². The van der Waals surface area contributed by atoms with Gasteiger partial charge in [-0.25, -0.2) is 8.42 Å². The summed E-state index contributed by atoms with van der Waals surface area (Å²) in [4.78, 5) is 2.27. The number of halogens is 1. The lowest BCUT2D eigenvalue weighted by molar-refractivity contribution is 0.229. The van der Waals surface area contributed by atoms with E-state index in [-0.39, 0.29) is 0 Å². The first kappa shape index (κ1) is 13.5. The second-order valence-electron chi connectivity index (χ2n) is 4.61. The van der Waals surface area contributed by atoms with E-state index in [1.807, 2.05) is 0 Å². The van der Waals surface area contributed by atoms with E-state index in [1.165, 1.54) is 0 Å². The first-order chi connectivity index (χ1) is 6.94. The lowest BCUT2D eigenvalue weighted by Gasteiger charge is -2.31. The Balaban J connectivity index is 2.41. The Labute approximate surface area is 101 Å². The molecule has 1 unspecified atom stereocenters. The number of hydrogen-bond donors (Lipinski definition) is 0. The molecule has 1 saturated heterocycles. The van der Waals surface area contributed by atoms with E-state index in [2.05, 4.69) is 34.7 Å². The lowest BCUT2D eigenvalue weighted by atomic mass is 9.97. The fourth-order valence-corrected chi connectivity index (χ4v) is 3.93. The molecule has 1 heterocycles. The van der Waals surface area contributed by atoms with Crippen LogP contribution in [0.3, 0.4) is 0 Å². The normalized spacial score (nSPS) is 24.3. The van der Waals surface area contributed by atoms with Gasteiger partial charge < -0.3 is 4.90 Å². The quantitative estimate of drug-likeness (QED) is 0.736. The van der Waals surface area contributed by atoms with E-state index in [1.54, 1.807) is 0 Å². The Morgan fingerprint density at radius 3 is 2.20 bits per heavy atom. The first-order valence-electron chi connectivity index (χ1n) is 5.43. The minimum atomic E-state index is -2.73. The molecule has 1 aliphatic heterocycles. The van der Waals surface area contributed by atoms with Crippen molar-refractivity contribution in [3.05, 3.63) is 0 Å². The molecular formula is C10H20BrNO2S. The van der Waals surface area contributed by atoms with E-state index in [0.29, 0.717) is 36.4 Å². The number of nitrogens with zero attached hydrogens (tertiary/aromatic N) is 1. The summed E-state index contributed by atoms with van der Waals surface area (Å²) in [6.07, 6.45) is 0. The van der Waals surface area contributed by atoms with Gasteiger partial charge in [0.05, 0.1) is 11.5 Å². The highest BCUT2D eigenvalue weighted by Gasteiger charge is 2.24. The largest absolute Gasteiger partial charge is 0.301 e. The number of sulfone groups is 1. The van der Waals surface area contributed by atoms with Gasteiger partial charge in [0.15, 0.2) is 9.84 Å². The SMILES string of the molecule is CC(C)C(CBr)CN1CCS(=O)(=O)CC1. The van der Waals surface area contributed by atoms with Crippen molar-refractivity contribution in [2.75, 3.05) is 36.5 Å². The van der Waals surface area contributed by atoms with Crippen molar-refractivity contribution in [3.63, 3.8) is 0 Å². The Bertz CT molecular complexity index is 276. The van der Waals surface area contributed by atoms with Crippen LogP contribution in [0.2, 0.25) is 0 Å². The molecule has 0 radical (unpaired) electrons. The van der Waals surface area contributed by atoms with Crippen molar-refractivity contribution in [1.29, 1.82) is 0 Å². The van der Waals surface area contributed by atoms with Crippen molar-refractivity contribution in [3.8, 4) is 0 Å². The third-order valence-corrected chi connectivity index (χ3v) is 5.51. The van der Waals surface area contributed by atoms with Crippen LogP contribution in [0.15, 0.2) is 0 Å². The highest BCUT2D eigenvalue weighted by Crippen LogP contribution is 2.16. The maximum atomic E-state index is 11.2. The van der Waals surface area contributed by atoms with E-state index in [9.17, 15) is 8.42 Å². The minimum Gasteiger partial charge on any atom is -0.301 e. The Kier molecular flexibility index (Phi) is 5.06. The molecule has 0 aromatic heterocycles. The topological polar surface area (TPSA) is 37.4 Å². The summed E-state index contributed by atoms with van der Waals surface area (Å²) in [5.74, 6) is 1.92. The molecule has 5 heteroatoms. The lowest BCUT2D eigenvalue weighted by Crippen LogP contribution is -2.43. The minimum absolute atomic E-state index is 0.333. The fourth-order valence-electron chi connectivity index (χ4n) is 1.70. The smallest absolute Gasteiger partial charge is 0.152 e. The average Bonchev–Trinajstić information content (AvgIpc) is 2.15. The molecule has 3 nitrogen and oxygen atoms in total. The number of hydrogen-bond acceptors (Lipinski definition) is 3. The van der Waals surface area contributed by atoms with Gasteiger partial charge in [-0.15, -0.1) is 0 Å². The molecule has 0 amide bonds.